The Labute approximate surface area is 154 Å². The molecule has 0 amide bonds. The van der Waals surface area contributed by atoms with Crippen LogP contribution >= 0.6 is 0 Å². The second-order valence-electron chi connectivity index (χ2n) is 6.25. The van der Waals surface area contributed by atoms with Crippen LogP contribution in [0, 0.1) is 0 Å². The van der Waals surface area contributed by atoms with E-state index in [0.29, 0.717) is 6.54 Å². The number of aromatic nitrogens is 3. The molecule has 26 heavy (non-hydrogen) atoms. The van der Waals surface area contributed by atoms with Gasteiger partial charge in [0, 0.05) is 44.9 Å². The zero-order valence-electron chi connectivity index (χ0n) is 15.6. The summed E-state index contributed by atoms with van der Waals surface area (Å²) >= 11 is 0. The summed E-state index contributed by atoms with van der Waals surface area (Å²) in [5.74, 6) is 0.907. The Morgan fingerprint density at radius 2 is 1.96 bits per heavy atom. The molecule has 0 saturated carbocycles. The maximum atomic E-state index is 4.79. The minimum atomic E-state index is 0.638. The highest BCUT2D eigenvalue weighted by Crippen LogP contribution is 2.10. The van der Waals surface area contributed by atoms with Gasteiger partial charge in [0.2, 0.25) is 0 Å². The molecule has 0 aliphatic rings. The van der Waals surface area contributed by atoms with E-state index in [4.69, 9.17) is 4.99 Å². The highest BCUT2D eigenvalue weighted by atomic mass is 15.3. The third kappa shape index (κ3) is 4.33. The largest absolute Gasteiger partial charge is 0.357 e. The smallest absolute Gasteiger partial charge is 0.194 e. The number of nitrogens with zero attached hydrogens (tertiary/aromatic N) is 5. The molecule has 3 rings (SSSR count). The van der Waals surface area contributed by atoms with E-state index in [1.165, 1.54) is 11.3 Å². The summed E-state index contributed by atoms with van der Waals surface area (Å²) in [5.41, 5.74) is 3.47. The van der Waals surface area contributed by atoms with E-state index in [2.05, 4.69) is 83.5 Å². The van der Waals surface area contributed by atoms with Crippen LogP contribution in [0.1, 0.15) is 18.2 Å². The molecule has 1 aromatic carbocycles. The van der Waals surface area contributed by atoms with Crippen LogP contribution in [0.25, 0.3) is 5.69 Å². The van der Waals surface area contributed by atoms with Crippen molar-refractivity contribution in [2.24, 2.45) is 12.0 Å². The normalized spacial score (nSPS) is 11.6. The number of nitrogens with one attached hydrogen (secondary N) is 1. The predicted molar refractivity (Wildman–Crippen MR) is 105 cm³/mol. The highest BCUT2D eigenvalue weighted by Gasteiger charge is 2.08. The van der Waals surface area contributed by atoms with Crippen LogP contribution in [0.4, 0.5) is 0 Å². The number of aryl methyl sites for hydroxylation is 1. The summed E-state index contributed by atoms with van der Waals surface area (Å²) in [4.78, 5) is 6.94. The Bertz CT molecular complexity index is 830. The Morgan fingerprint density at radius 3 is 2.58 bits per heavy atom. The number of aliphatic imine (C=N–C) groups is 1. The van der Waals surface area contributed by atoms with Gasteiger partial charge in [-0.25, -0.2) is 9.67 Å². The van der Waals surface area contributed by atoms with Gasteiger partial charge in [0.25, 0.3) is 0 Å². The number of guanidine groups is 1. The van der Waals surface area contributed by atoms with E-state index in [-0.39, 0.29) is 0 Å². The van der Waals surface area contributed by atoms with Gasteiger partial charge in [-0.1, -0.05) is 12.1 Å². The average molecular weight is 350 g/mol. The number of hydrogen-bond acceptors (Lipinski definition) is 2. The predicted octanol–water partition coefficient (Wildman–Crippen LogP) is 2.81. The molecule has 2 heterocycles. The molecule has 0 atom stereocenters. The van der Waals surface area contributed by atoms with E-state index in [1.54, 1.807) is 6.20 Å². The third-order valence-corrected chi connectivity index (χ3v) is 4.26. The number of rotatable bonds is 6. The van der Waals surface area contributed by atoms with Gasteiger partial charge >= 0.3 is 0 Å². The summed E-state index contributed by atoms with van der Waals surface area (Å²) in [5, 5.41) is 7.62. The van der Waals surface area contributed by atoms with Crippen LogP contribution in [0.3, 0.4) is 0 Å². The molecule has 0 spiro atoms. The first-order valence-corrected chi connectivity index (χ1v) is 8.86. The zero-order valence-corrected chi connectivity index (χ0v) is 15.6. The molecule has 2 aromatic heterocycles. The molecule has 0 radical (unpaired) electrons. The minimum Gasteiger partial charge on any atom is -0.357 e. The topological polar surface area (TPSA) is 50.4 Å². The zero-order chi connectivity index (χ0) is 18.4. The van der Waals surface area contributed by atoms with Gasteiger partial charge in [0.15, 0.2) is 5.96 Å². The number of benzene rings is 1. The van der Waals surface area contributed by atoms with Crippen LogP contribution in [-0.4, -0.2) is 38.8 Å². The maximum Gasteiger partial charge on any atom is 0.194 e. The Morgan fingerprint density at radius 1 is 1.15 bits per heavy atom. The lowest BCUT2D eigenvalue weighted by molar-refractivity contribution is 0.462. The Kier molecular flexibility index (Phi) is 5.73. The molecule has 1 N–H and O–H groups in total. The van der Waals surface area contributed by atoms with Gasteiger partial charge in [-0.05, 0) is 42.8 Å². The molecule has 136 valence electrons. The van der Waals surface area contributed by atoms with Crippen molar-refractivity contribution in [2.75, 3.05) is 13.6 Å². The van der Waals surface area contributed by atoms with Crippen molar-refractivity contribution in [3.8, 4) is 5.69 Å². The fourth-order valence-corrected chi connectivity index (χ4v) is 2.79. The van der Waals surface area contributed by atoms with Gasteiger partial charge < -0.3 is 14.8 Å². The lowest BCUT2D eigenvalue weighted by Crippen LogP contribution is -2.38. The maximum absolute atomic E-state index is 4.79. The molecule has 0 aliphatic heterocycles. The van der Waals surface area contributed by atoms with Crippen molar-refractivity contribution in [3.05, 3.63) is 72.3 Å². The monoisotopic (exact) mass is 350 g/mol. The summed E-state index contributed by atoms with van der Waals surface area (Å²) in [6.07, 6.45) is 5.78. The average Bonchev–Trinajstić information content (AvgIpc) is 3.31. The lowest BCUT2D eigenvalue weighted by atomic mass is 10.2. The molecular formula is C20H26N6. The highest BCUT2D eigenvalue weighted by molar-refractivity contribution is 5.79. The minimum absolute atomic E-state index is 0.638. The Balaban J connectivity index is 1.67. The molecule has 6 heteroatoms. The fourth-order valence-electron chi connectivity index (χ4n) is 2.79. The standard InChI is InChI=1S/C20H26N6/c1-4-21-20(25(3)16-19-7-5-13-24(19)2)22-15-17-8-10-18(11-9-17)26-14-6-12-23-26/h5-14H,4,15-16H2,1-3H3,(H,21,22). The summed E-state index contributed by atoms with van der Waals surface area (Å²) in [7, 11) is 4.13. The first-order valence-electron chi connectivity index (χ1n) is 8.86. The van der Waals surface area contributed by atoms with Crippen molar-refractivity contribution < 1.29 is 0 Å². The molecule has 0 aliphatic carbocycles. The van der Waals surface area contributed by atoms with Crippen LogP contribution in [0.5, 0.6) is 0 Å². The quantitative estimate of drug-likeness (QED) is 0.549. The van der Waals surface area contributed by atoms with Crippen LogP contribution in [-0.2, 0) is 20.1 Å². The SMILES string of the molecule is CCNC(=NCc1ccc(-n2cccn2)cc1)N(C)Cc1cccn1C. The van der Waals surface area contributed by atoms with Crippen molar-refractivity contribution in [3.63, 3.8) is 0 Å². The second kappa shape index (κ2) is 8.38. The van der Waals surface area contributed by atoms with Crippen LogP contribution in [0.15, 0.2) is 66.0 Å². The molecule has 6 nitrogen and oxygen atoms in total. The van der Waals surface area contributed by atoms with Gasteiger partial charge in [-0.3, -0.25) is 0 Å². The van der Waals surface area contributed by atoms with E-state index in [1.807, 2.05) is 16.9 Å². The molecule has 0 saturated heterocycles. The molecule has 0 unspecified atom stereocenters. The molecular weight excluding hydrogens is 324 g/mol. The van der Waals surface area contributed by atoms with Crippen LogP contribution in [0.2, 0.25) is 0 Å². The van der Waals surface area contributed by atoms with Crippen LogP contribution < -0.4 is 5.32 Å². The molecule has 0 bridgehead atoms. The van der Waals surface area contributed by atoms with Gasteiger partial charge in [0.05, 0.1) is 18.8 Å². The summed E-state index contributed by atoms with van der Waals surface area (Å²) in [6.45, 7) is 4.38. The summed E-state index contributed by atoms with van der Waals surface area (Å²) < 4.78 is 3.98. The van der Waals surface area contributed by atoms with Crippen molar-refractivity contribution in [1.82, 2.24) is 24.6 Å². The van der Waals surface area contributed by atoms with E-state index in [0.717, 1.165) is 24.7 Å². The van der Waals surface area contributed by atoms with E-state index in [9.17, 15) is 0 Å². The second-order valence-corrected chi connectivity index (χ2v) is 6.25. The first kappa shape index (κ1) is 17.8. The van der Waals surface area contributed by atoms with Gasteiger partial charge in [-0.2, -0.15) is 5.10 Å². The van der Waals surface area contributed by atoms with Crippen molar-refractivity contribution >= 4 is 5.96 Å². The van der Waals surface area contributed by atoms with E-state index >= 15 is 0 Å². The van der Waals surface area contributed by atoms with Gasteiger partial charge in [0.1, 0.15) is 0 Å². The first-order chi connectivity index (χ1) is 12.7. The van der Waals surface area contributed by atoms with E-state index < -0.39 is 0 Å². The fraction of sp³-hybridized carbons (Fsp3) is 0.300. The van der Waals surface area contributed by atoms with Crippen molar-refractivity contribution in [2.45, 2.75) is 20.0 Å². The third-order valence-electron chi connectivity index (χ3n) is 4.26. The van der Waals surface area contributed by atoms with Gasteiger partial charge in [-0.15, -0.1) is 0 Å². The van der Waals surface area contributed by atoms with Crippen molar-refractivity contribution in [1.29, 1.82) is 0 Å². The Hall–Kier alpha value is -3.02. The summed E-state index contributed by atoms with van der Waals surface area (Å²) in [6, 6.07) is 14.4. The number of hydrogen-bond donors (Lipinski definition) is 1. The molecule has 3 aromatic rings. The lowest BCUT2D eigenvalue weighted by Gasteiger charge is -2.22. The molecule has 0 fully saturated rings.